The van der Waals surface area contributed by atoms with Crippen LogP contribution in [0.4, 0.5) is 20.6 Å². The van der Waals surface area contributed by atoms with Gasteiger partial charge in [-0.1, -0.05) is 0 Å². The van der Waals surface area contributed by atoms with Gasteiger partial charge in [0.15, 0.2) is 0 Å². The summed E-state index contributed by atoms with van der Waals surface area (Å²) in [5.74, 6) is -0.393. The van der Waals surface area contributed by atoms with Crippen molar-refractivity contribution in [2.45, 2.75) is 38.8 Å². The summed E-state index contributed by atoms with van der Waals surface area (Å²) in [7, 11) is 0. The highest BCUT2D eigenvalue weighted by molar-refractivity contribution is 5.67. The highest BCUT2D eigenvalue weighted by atomic mass is 19.1. The molecule has 1 aromatic heterocycles. The van der Waals surface area contributed by atoms with Gasteiger partial charge in [-0.05, 0) is 33.3 Å². The van der Waals surface area contributed by atoms with Gasteiger partial charge in [0.2, 0.25) is 0 Å². The fraction of sp³-hybridized carbons (Fsp3) is 0.625. The fourth-order valence-electron chi connectivity index (χ4n) is 3.45. The second-order valence-electron chi connectivity index (χ2n) is 7.26. The predicted molar refractivity (Wildman–Crippen MR) is 90.6 cm³/mol. The molecule has 0 radical (unpaired) electrons. The molecule has 0 spiro atoms. The van der Waals surface area contributed by atoms with E-state index in [0.717, 1.165) is 6.20 Å². The largest absolute Gasteiger partial charge is 0.465 e. The molecule has 1 saturated heterocycles. The van der Waals surface area contributed by atoms with E-state index < -0.39 is 35.2 Å². The number of aromatic nitrogens is 1. The molecule has 0 aliphatic carbocycles. The van der Waals surface area contributed by atoms with E-state index in [9.17, 15) is 24.4 Å². The monoisotopic (exact) mass is 354 g/mol. The topological polar surface area (TPSA) is 99.8 Å². The van der Waals surface area contributed by atoms with Crippen molar-refractivity contribution < 1.29 is 19.2 Å². The average Bonchev–Trinajstić information content (AvgIpc) is 2.52. The van der Waals surface area contributed by atoms with E-state index in [1.807, 2.05) is 0 Å². The molecule has 2 heterocycles. The van der Waals surface area contributed by atoms with Gasteiger partial charge in [-0.2, -0.15) is 0 Å². The van der Waals surface area contributed by atoms with Gasteiger partial charge in [-0.3, -0.25) is 24.4 Å². The lowest BCUT2D eigenvalue weighted by molar-refractivity contribution is -0.384. The van der Waals surface area contributed by atoms with Crippen molar-refractivity contribution in [2.75, 3.05) is 24.7 Å². The Bertz CT molecular complexity index is 649. The minimum Gasteiger partial charge on any atom is -0.465 e. The third kappa shape index (κ3) is 4.15. The molecule has 1 N–H and O–H groups in total. The number of carboxylic acid groups (broad SMARTS) is 1. The second kappa shape index (κ2) is 7.20. The van der Waals surface area contributed by atoms with E-state index in [0.29, 0.717) is 18.7 Å². The van der Waals surface area contributed by atoms with Crippen LogP contribution in [0.5, 0.6) is 0 Å². The number of pyridine rings is 1. The van der Waals surface area contributed by atoms with Crippen LogP contribution in [0.3, 0.4) is 0 Å². The second-order valence-corrected chi connectivity index (χ2v) is 7.26. The van der Waals surface area contributed by atoms with Gasteiger partial charge in [-0.15, -0.1) is 0 Å². The molecule has 0 aromatic carbocycles. The van der Waals surface area contributed by atoms with Gasteiger partial charge in [0, 0.05) is 30.7 Å². The fourth-order valence-corrected chi connectivity index (χ4v) is 3.45. The molecule has 1 fully saturated rings. The Balaban J connectivity index is 2.38. The van der Waals surface area contributed by atoms with Crippen LogP contribution in [0, 0.1) is 16.0 Å². The zero-order valence-corrected chi connectivity index (χ0v) is 14.6. The molecule has 1 aliphatic heterocycles. The van der Waals surface area contributed by atoms with E-state index in [4.69, 9.17) is 0 Å². The summed E-state index contributed by atoms with van der Waals surface area (Å²) < 4.78 is 13.4. The standard InChI is InChI=1S/C16H23FN4O4/c1-16(2,3)20(15(22)23)12-6-11(7-17)9-19(10-12)13-4-5-18-8-14(13)21(24)25/h4-5,8,11-12H,6-7,9-10H2,1-3H3,(H,22,23). The average molecular weight is 354 g/mol. The van der Waals surface area contributed by atoms with Crippen LogP contribution < -0.4 is 4.90 Å². The summed E-state index contributed by atoms with van der Waals surface area (Å²) in [6.45, 7) is 5.29. The number of anilines is 1. The van der Waals surface area contributed by atoms with Crippen LogP contribution in [-0.4, -0.2) is 57.4 Å². The zero-order chi connectivity index (χ0) is 18.8. The number of carbonyl (C=O) groups is 1. The van der Waals surface area contributed by atoms with Crippen molar-refractivity contribution >= 4 is 17.5 Å². The molecule has 1 aromatic rings. The molecule has 9 heteroatoms. The Hall–Kier alpha value is -2.45. The minimum absolute atomic E-state index is 0.168. The van der Waals surface area contributed by atoms with Crippen LogP contribution in [0.15, 0.2) is 18.5 Å². The number of nitro groups is 1. The van der Waals surface area contributed by atoms with Crippen LogP contribution >= 0.6 is 0 Å². The Labute approximate surface area is 145 Å². The summed E-state index contributed by atoms with van der Waals surface area (Å²) in [4.78, 5) is 29.3. The first-order valence-corrected chi connectivity index (χ1v) is 8.06. The molecule has 2 rings (SSSR count). The summed E-state index contributed by atoms with van der Waals surface area (Å²) in [6.07, 6.45) is 1.90. The summed E-state index contributed by atoms with van der Waals surface area (Å²) >= 11 is 0. The molecule has 1 amide bonds. The molecule has 1 aliphatic rings. The molecule has 25 heavy (non-hydrogen) atoms. The lowest BCUT2D eigenvalue weighted by Crippen LogP contribution is -2.58. The first kappa shape index (κ1) is 18.9. The summed E-state index contributed by atoms with van der Waals surface area (Å²) in [5.41, 5.74) is -0.495. The van der Waals surface area contributed by atoms with Crippen molar-refractivity contribution in [2.24, 2.45) is 5.92 Å². The number of piperidine rings is 1. The summed E-state index contributed by atoms with van der Waals surface area (Å²) in [6, 6.07) is 1.05. The van der Waals surface area contributed by atoms with Crippen molar-refractivity contribution in [1.29, 1.82) is 0 Å². The first-order chi connectivity index (χ1) is 11.6. The van der Waals surface area contributed by atoms with Crippen molar-refractivity contribution in [3.8, 4) is 0 Å². The SMILES string of the molecule is CC(C)(C)N(C(=O)O)C1CC(CF)CN(c2ccncc2[N+](=O)[O-])C1. The van der Waals surface area contributed by atoms with E-state index >= 15 is 0 Å². The molecule has 0 saturated carbocycles. The maximum Gasteiger partial charge on any atom is 0.408 e. The highest BCUT2D eigenvalue weighted by Crippen LogP contribution is 2.33. The Morgan fingerprint density at radius 3 is 2.72 bits per heavy atom. The number of nitrogens with zero attached hydrogens (tertiary/aromatic N) is 4. The van der Waals surface area contributed by atoms with Gasteiger partial charge in [0.1, 0.15) is 11.9 Å². The minimum atomic E-state index is -1.08. The Kier molecular flexibility index (Phi) is 5.44. The molecule has 0 bridgehead atoms. The molecule has 138 valence electrons. The number of hydrogen-bond donors (Lipinski definition) is 1. The third-order valence-corrected chi connectivity index (χ3v) is 4.34. The number of halogens is 1. The molecule has 2 atom stereocenters. The zero-order valence-electron chi connectivity index (χ0n) is 14.6. The highest BCUT2D eigenvalue weighted by Gasteiger charge is 2.39. The normalized spacial score (nSPS) is 21.0. The van der Waals surface area contributed by atoms with Gasteiger partial charge < -0.3 is 10.0 Å². The Morgan fingerprint density at radius 2 is 2.20 bits per heavy atom. The van der Waals surface area contributed by atoms with Crippen LogP contribution in [0.1, 0.15) is 27.2 Å². The summed E-state index contributed by atoms with van der Waals surface area (Å²) in [5, 5.41) is 20.9. The van der Waals surface area contributed by atoms with E-state index in [2.05, 4.69) is 4.98 Å². The van der Waals surface area contributed by atoms with Gasteiger partial charge in [0.05, 0.1) is 17.6 Å². The number of rotatable bonds is 4. The number of alkyl halides is 1. The lowest BCUT2D eigenvalue weighted by Gasteiger charge is -2.46. The van der Waals surface area contributed by atoms with Gasteiger partial charge in [-0.25, -0.2) is 4.79 Å². The third-order valence-electron chi connectivity index (χ3n) is 4.34. The van der Waals surface area contributed by atoms with Crippen LogP contribution in [-0.2, 0) is 0 Å². The first-order valence-electron chi connectivity index (χ1n) is 8.06. The quantitative estimate of drug-likeness (QED) is 0.659. The Morgan fingerprint density at radius 1 is 1.52 bits per heavy atom. The van der Waals surface area contributed by atoms with Crippen LogP contribution in [0.2, 0.25) is 0 Å². The van der Waals surface area contributed by atoms with Gasteiger partial charge in [0.25, 0.3) is 0 Å². The van der Waals surface area contributed by atoms with E-state index in [-0.39, 0.29) is 12.2 Å². The van der Waals surface area contributed by atoms with Crippen molar-refractivity contribution in [3.63, 3.8) is 0 Å². The maximum atomic E-state index is 13.4. The molecular formula is C16H23FN4O4. The van der Waals surface area contributed by atoms with Crippen LogP contribution in [0.25, 0.3) is 0 Å². The lowest BCUT2D eigenvalue weighted by atomic mass is 9.91. The van der Waals surface area contributed by atoms with Crippen molar-refractivity contribution in [1.82, 2.24) is 9.88 Å². The van der Waals surface area contributed by atoms with Gasteiger partial charge >= 0.3 is 11.8 Å². The van der Waals surface area contributed by atoms with E-state index in [1.54, 1.807) is 25.7 Å². The predicted octanol–water partition coefficient (Wildman–Crippen LogP) is 2.93. The molecule has 8 nitrogen and oxygen atoms in total. The van der Waals surface area contributed by atoms with Crippen molar-refractivity contribution in [3.05, 3.63) is 28.6 Å². The molecular weight excluding hydrogens is 331 g/mol. The number of hydrogen-bond acceptors (Lipinski definition) is 5. The smallest absolute Gasteiger partial charge is 0.408 e. The number of amides is 1. The van der Waals surface area contributed by atoms with E-state index in [1.165, 1.54) is 17.2 Å². The maximum absolute atomic E-state index is 13.4. The molecule has 2 unspecified atom stereocenters.